The fraction of sp³-hybridized carbons (Fsp3) is 0.760. The van der Waals surface area contributed by atoms with E-state index in [1.54, 1.807) is 6.20 Å². The van der Waals surface area contributed by atoms with Crippen molar-refractivity contribution in [2.45, 2.75) is 102 Å². The highest BCUT2D eigenvalue weighted by Crippen LogP contribution is 2.28. The number of ether oxygens (including phenoxy) is 2. The Morgan fingerprint density at radius 1 is 1.09 bits per heavy atom. The molecule has 1 aliphatic rings. The number of aliphatic hydroxyl groups excluding tert-OH is 2. The van der Waals surface area contributed by atoms with Crippen molar-refractivity contribution in [2.75, 3.05) is 19.8 Å². The number of furan rings is 1. The minimum atomic E-state index is -0.800. The van der Waals surface area contributed by atoms with E-state index in [9.17, 15) is 15.0 Å². The molecule has 0 spiro atoms. The van der Waals surface area contributed by atoms with Crippen molar-refractivity contribution >= 4 is 11.1 Å². The second kappa shape index (κ2) is 13.8. The van der Waals surface area contributed by atoms with Gasteiger partial charge in [0.05, 0.1) is 18.1 Å². The standard InChI is InChI=1S/C25H40N2O6/c1-2-3-10-13-31-14-11-8-6-4-5-7-9-12-20-15-19-17-27(25(30)26-24(19)32-20)23-16-21(29)22(18-28)33-23/h15,17,21-23,28-29H,2-14,16,18H2,1H3/t21-,22+,23+/m0/s1. The first-order valence-electron chi connectivity index (χ1n) is 12.7. The lowest BCUT2D eigenvalue weighted by molar-refractivity contribution is -0.0457. The van der Waals surface area contributed by atoms with E-state index in [2.05, 4.69) is 11.9 Å². The van der Waals surface area contributed by atoms with Crippen molar-refractivity contribution in [2.24, 2.45) is 0 Å². The summed E-state index contributed by atoms with van der Waals surface area (Å²) in [6.07, 6.45) is 12.6. The van der Waals surface area contributed by atoms with Crippen LogP contribution in [0, 0.1) is 0 Å². The van der Waals surface area contributed by atoms with Crippen molar-refractivity contribution in [1.82, 2.24) is 9.55 Å². The summed E-state index contributed by atoms with van der Waals surface area (Å²) in [5, 5.41) is 19.9. The van der Waals surface area contributed by atoms with Gasteiger partial charge in [-0.3, -0.25) is 4.57 Å². The lowest BCUT2D eigenvalue weighted by Crippen LogP contribution is -2.27. The molecule has 0 amide bonds. The van der Waals surface area contributed by atoms with Crippen LogP contribution >= 0.6 is 0 Å². The van der Waals surface area contributed by atoms with Gasteiger partial charge >= 0.3 is 5.69 Å². The molecule has 0 aromatic carbocycles. The van der Waals surface area contributed by atoms with Gasteiger partial charge in [0.15, 0.2) is 0 Å². The average Bonchev–Trinajstić information content (AvgIpc) is 3.38. The van der Waals surface area contributed by atoms with Crippen LogP contribution in [-0.2, 0) is 15.9 Å². The number of aliphatic hydroxyl groups is 2. The zero-order valence-corrected chi connectivity index (χ0v) is 19.9. The summed E-state index contributed by atoms with van der Waals surface area (Å²) in [5.74, 6) is 0.829. The van der Waals surface area contributed by atoms with Crippen molar-refractivity contribution in [3.63, 3.8) is 0 Å². The molecule has 186 valence electrons. The van der Waals surface area contributed by atoms with Gasteiger partial charge in [0.1, 0.15) is 18.1 Å². The maximum absolute atomic E-state index is 12.4. The van der Waals surface area contributed by atoms with Gasteiger partial charge in [-0.2, -0.15) is 4.98 Å². The quantitative estimate of drug-likeness (QED) is 0.360. The first-order chi connectivity index (χ1) is 16.1. The summed E-state index contributed by atoms with van der Waals surface area (Å²) >= 11 is 0. The molecule has 3 heterocycles. The van der Waals surface area contributed by atoms with Crippen LogP contribution in [0.2, 0.25) is 0 Å². The van der Waals surface area contributed by atoms with Gasteiger partial charge in [0, 0.05) is 32.3 Å². The van der Waals surface area contributed by atoms with E-state index in [1.807, 2.05) is 6.07 Å². The minimum Gasteiger partial charge on any atom is -0.443 e. The molecule has 1 fully saturated rings. The van der Waals surface area contributed by atoms with Crippen LogP contribution in [0.25, 0.3) is 11.1 Å². The van der Waals surface area contributed by atoms with E-state index in [-0.39, 0.29) is 13.0 Å². The number of nitrogens with zero attached hydrogens (tertiary/aromatic N) is 2. The first-order valence-corrected chi connectivity index (χ1v) is 12.7. The largest absolute Gasteiger partial charge is 0.443 e. The number of fused-ring (bicyclic) bond motifs is 1. The van der Waals surface area contributed by atoms with Gasteiger partial charge in [-0.05, 0) is 25.3 Å². The van der Waals surface area contributed by atoms with Gasteiger partial charge in [0.2, 0.25) is 5.71 Å². The zero-order chi connectivity index (χ0) is 23.5. The SMILES string of the molecule is CCCCCOCCCCCCCCCc1cc2cn([C@H]3C[C@H](O)[C@@H](CO)O3)c(=O)nc2o1. The predicted octanol–water partition coefficient (Wildman–Crippen LogP) is 4.11. The highest BCUT2D eigenvalue weighted by atomic mass is 16.5. The minimum absolute atomic E-state index is 0.245. The summed E-state index contributed by atoms with van der Waals surface area (Å²) in [6.45, 7) is 3.72. The molecule has 2 aromatic heterocycles. The number of hydrogen-bond acceptors (Lipinski definition) is 7. The maximum atomic E-state index is 12.4. The molecule has 0 aliphatic carbocycles. The number of aryl methyl sites for hydroxylation is 1. The third-order valence-electron chi connectivity index (χ3n) is 6.29. The second-order valence-corrected chi connectivity index (χ2v) is 9.06. The van der Waals surface area contributed by atoms with Crippen molar-refractivity contribution in [3.05, 3.63) is 28.5 Å². The number of hydrogen-bond donors (Lipinski definition) is 2. The lowest BCUT2D eigenvalue weighted by atomic mass is 10.1. The van der Waals surface area contributed by atoms with Crippen LogP contribution in [0.15, 0.2) is 21.5 Å². The number of rotatable bonds is 16. The third kappa shape index (κ3) is 7.91. The van der Waals surface area contributed by atoms with E-state index in [0.29, 0.717) is 5.71 Å². The summed E-state index contributed by atoms with van der Waals surface area (Å²) in [7, 11) is 0. The van der Waals surface area contributed by atoms with Crippen LogP contribution in [0.1, 0.15) is 89.5 Å². The fourth-order valence-corrected chi connectivity index (χ4v) is 4.30. The molecule has 3 atom stereocenters. The van der Waals surface area contributed by atoms with Gasteiger partial charge in [-0.25, -0.2) is 4.79 Å². The summed E-state index contributed by atoms with van der Waals surface area (Å²) in [5.41, 5.74) is -0.147. The smallest absolute Gasteiger partial charge is 0.353 e. The molecule has 8 nitrogen and oxygen atoms in total. The molecule has 8 heteroatoms. The van der Waals surface area contributed by atoms with Crippen molar-refractivity contribution < 1.29 is 24.1 Å². The summed E-state index contributed by atoms with van der Waals surface area (Å²) in [6, 6.07) is 1.92. The molecule has 0 saturated carbocycles. The third-order valence-corrected chi connectivity index (χ3v) is 6.29. The monoisotopic (exact) mass is 464 g/mol. The lowest BCUT2D eigenvalue weighted by Gasteiger charge is -2.13. The Hall–Kier alpha value is -1.74. The summed E-state index contributed by atoms with van der Waals surface area (Å²) in [4.78, 5) is 16.4. The van der Waals surface area contributed by atoms with Gasteiger partial charge in [-0.1, -0.05) is 51.9 Å². The Morgan fingerprint density at radius 3 is 2.48 bits per heavy atom. The maximum Gasteiger partial charge on any atom is 0.353 e. The molecular weight excluding hydrogens is 424 g/mol. The number of aromatic nitrogens is 2. The van der Waals surface area contributed by atoms with Gasteiger partial charge in [0.25, 0.3) is 0 Å². The molecule has 33 heavy (non-hydrogen) atoms. The Kier molecular flexibility index (Phi) is 10.9. The fourth-order valence-electron chi connectivity index (χ4n) is 4.30. The summed E-state index contributed by atoms with van der Waals surface area (Å²) < 4.78 is 18.4. The van der Waals surface area contributed by atoms with E-state index in [4.69, 9.17) is 13.9 Å². The van der Waals surface area contributed by atoms with Crippen LogP contribution < -0.4 is 5.69 Å². The molecule has 0 unspecified atom stereocenters. The topological polar surface area (TPSA) is 107 Å². The molecule has 2 N–H and O–H groups in total. The molecule has 1 aliphatic heterocycles. The molecule has 2 aromatic rings. The van der Waals surface area contributed by atoms with Crippen LogP contribution in [0.4, 0.5) is 0 Å². The van der Waals surface area contributed by atoms with Crippen LogP contribution in [-0.4, -0.2) is 51.8 Å². The van der Waals surface area contributed by atoms with E-state index in [1.165, 1.54) is 49.5 Å². The Morgan fingerprint density at radius 2 is 1.79 bits per heavy atom. The first kappa shape index (κ1) is 25.9. The van der Waals surface area contributed by atoms with Crippen LogP contribution in [0.3, 0.4) is 0 Å². The van der Waals surface area contributed by atoms with Crippen molar-refractivity contribution in [1.29, 1.82) is 0 Å². The molecule has 0 radical (unpaired) electrons. The van der Waals surface area contributed by atoms with Gasteiger partial charge in [-0.15, -0.1) is 0 Å². The number of unbranched alkanes of at least 4 members (excludes halogenated alkanes) is 8. The molecule has 0 bridgehead atoms. The predicted molar refractivity (Wildman–Crippen MR) is 126 cm³/mol. The van der Waals surface area contributed by atoms with Crippen molar-refractivity contribution in [3.8, 4) is 0 Å². The molecular formula is C25H40N2O6. The van der Waals surface area contributed by atoms with Gasteiger partial charge < -0.3 is 24.1 Å². The highest BCUT2D eigenvalue weighted by Gasteiger charge is 2.35. The van der Waals surface area contributed by atoms with Crippen LogP contribution in [0.5, 0.6) is 0 Å². The average molecular weight is 465 g/mol. The molecule has 1 saturated heterocycles. The second-order valence-electron chi connectivity index (χ2n) is 9.06. The van der Waals surface area contributed by atoms with E-state index < -0.39 is 24.1 Å². The van der Waals surface area contributed by atoms with E-state index in [0.717, 1.165) is 50.0 Å². The Bertz CT molecular complexity index is 879. The molecule has 3 rings (SSSR count). The Balaban J connectivity index is 1.33. The normalized spacial score (nSPS) is 20.8. The van der Waals surface area contributed by atoms with E-state index >= 15 is 0 Å². The Labute approximate surface area is 195 Å². The highest BCUT2D eigenvalue weighted by molar-refractivity contribution is 5.72. The zero-order valence-electron chi connectivity index (χ0n) is 19.9.